The third-order valence-electron chi connectivity index (χ3n) is 5.97. The molecule has 2 aliphatic heterocycles. The smallest absolute Gasteiger partial charge is 0.263 e. The van der Waals surface area contributed by atoms with Gasteiger partial charge in [-0.1, -0.05) is 6.42 Å². The maximum Gasteiger partial charge on any atom is 0.263 e. The molecule has 1 N–H and O–H groups in total. The third-order valence-corrected chi connectivity index (χ3v) is 7.34. The zero-order valence-electron chi connectivity index (χ0n) is 16.8. The lowest BCUT2D eigenvalue weighted by Gasteiger charge is -2.31. The molecule has 4 aliphatic rings. The van der Waals surface area contributed by atoms with Crippen molar-refractivity contribution in [3.63, 3.8) is 0 Å². The van der Waals surface area contributed by atoms with Crippen LogP contribution in [0.3, 0.4) is 0 Å². The Bertz CT molecular complexity index is 826. The van der Waals surface area contributed by atoms with Crippen molar-refractivity contribution in [2.45, 2.75) is 37.4 Å². The van der Waals surface area contributed by atoms with E-state index in [1.807, 2.05) is 0 Å². The zero-order valence-corrected chi connectivity index (χ0v) is 17.6. The van der Waals surface area contributed by atoms with Gasteiger partial charge in [-0.15, -0.1) is 0 Å². The fourth-order valence-corrected chi connectivity index (χ4v) is 4.98. The van der Waals surface area contributed by atoms with Gasteiger partial charge in [-0.25, -0.2) is 9.38 Å². The van der Waals surface area contributed by atoms with Crippen molar-refractivity contribution in [2.75, 3.05) is 32.1 Å². The largest absolute Gasteiger partial charge is 0.493 e. The zero-order chi connectivity index (χ0) is 21.1. The van der Waals surface area contributed by atoms with Crippen LogP contribution in [-0.4, -0.2) is 70.7 Å². The lowest BCUT2D eigenvalue weighted by molar-refractivity contribution is -0.135. The van der Waals surface area contributed by atoms with Crippen LogP contribution in [0.4, 0.5) is 4.39 Å². The first-order valence-electron chi connectivity index (χ1n) is 10.5. The van der Waals surface area contributed by atoms with Crippen LogP contribution in [0.2, 0.25) is 0 Å². The van der Waals surface area contributed by atoms with Gasteiger partial charge in [-0.2, -0.15) is 16.8 Å². The number of allylic oxidation sites excluding steroid dienone is 2. The number of likely N-dealkylation sites (tertiary alicyclic amines) is 1. The van der Waals surface area contributed by atoms with Gasteiger partial charge in [0.2, 0.25) is 5.91 Å². The molecule has 4 rings (SSSR count). The van der Waals surface area contributed by atoms with Crippen molar-refractivity contribution in [2.24, 2.45) is 21.8 Å². The minimum atomic E-state index is -1.05. The molecule has 30 heavy (non-hydrogen) atoms. The monoisotopic (exact) mass is 435 g/mol. The summed E-state index contributed by atoms with van der Waals surface area (Å²) in [6.07, 6.45) is 8.06. The molecule has 1 unspecified atom stereocenters. The molecule has 2 fully saturated rings. The number of aliphatic hydroxyl groups is 1. The van der Waals surface area contributed by atoms with Crippen LogP contribution in [0.5, 0.6) is 0 Å². The van der Waals surface area contributed by atoms with Gasteiger partial charge in [0.15, 0.2) is 0 Å². The van der Waals surface area contributed by atoms with Crippen molar-refractivity contribution in [3.8, 4) is 0 Å². The molecule has 2 amide bonds. The number of aliphatic hydroxyl groups excluding tert-OH is 1. The van der Waals surface area contributed by atoms with Crippen LogP contribution in [0.1, 0.15) is 32.1 Å². The number of rotatable bonds is 7. The highest BCUT2D eigenvalue weighted by Crippen LogP contribution is 2.31. The van der Waals surface area contributed by atoms with E-state index in [9.17, 15) is 14.0 Å². The van der Waals surface area contributed by atoms with Crippen LogP contribution >= 0.6 is 11.8 Å². The normalized spacial score (nSPS) is 24.9. The van der Waals surface area contributed by atoms with E-state index in [2.05, 4.69) is 9.98 Å². The molecule has 2 aliphatic carbocycles. The van der Waals surface area contributed by atoms with Crippen molar-refractivity contribution in [3.05, 3.63) is 23.7 Å². The Hall–Kier alpha value is -2.00. The summed E-state index contributed by atoms with van der Waals surface area (Å²) < 4.78 is 20.2. The van der Waals surface area contributed by atoms with E-state index < -0.39 is 24.3 Å². The van der Waals surface area contributed by atoms with Gasteiger partial charge < -0.3 is 14.7 Å². The van der Waals surface area contributed by atoms with Crippen LogP contribution in [0, 0.1) is 11.8 Å². The number of amidine groups is 1. The maximum atomic E-state index is 14.5. The fourth-order valence-electron chi connectivity index (χ4n) is 3.92. The second kappa shape index (κ2) is 9.43. The molecule has 162 valence electrons. The minimum absolute atomic E-state index is 0.243. The number of nitrogens with zero attached hydrogens (tertiary/aromatic N) is 3. The lowest BCUT2D eigenvalue weighted by atomic mass is 9.86. The first-order chi connectivity index (χ1) is 14.5. The van der Waals surface area contributed by atoms with Gasteiger partial charge in [-0.3, -0.25) is 9.59 Å². The molecule has 1 saturated heterocycles. The molecule has 1 saturated carbocycles. The summed E-state index contributed by atoms with van der Waals surface area (Å²) in [6.45, 7) is 1.33. The first kappa shape index (κ1) is 21.2. The predicted molar refractivity (Wildman–Crippen MR) is 113 cm³/mol. The Labute approximate surface area is 179 Å². The predicted octanol–water partition coefficient (Wildman–Crippen LogP) is 2.27. The number of piperidine rings is 1. The van der Waals surface area contributed by atoms with E-state index >= 15 is 0 Å². The molecule has 2 heterocycles. The second-order valence-electron chi connectivity index (χ2n) is 8.07. The minimum Gasteiger partial charge on any atom is -0.493 e. The topological polar surface area (TPSA) is 91.6 Å². The number of thioether (sulfide) groups is 1. The van der Waals surface area contributed by atoms with Crippen molar-refractivity contribution in [1.82, 2.24) is 4.90 Å². The molecule has 0 aromatic heterocycles. The van der Waals surface area contributed by atoms with Gasteiger partial charge in [0.1, 0.15) is 29.9 Å². The molecular weight excluding hydrogens is 409 g/mol. The average molecular weight is 436 g/mol. The summed E-state index contributed by atoms with van der Waals surface area (Å²) in [4.78, 5) is 34.0. The number of aliphatic imine (C=N–C) groups is 2. The molecule has 0 aromatic carbocycles. The Morgan fingerprint density at radius 2 is 2.00 bits per heavy atom. The van der Waals surface area contributed by atoms with Crippen molar-refractivity contribution >= 4 is 35.1 Å². The number of amides is 2. The summed E-state index contributed by atoms with van der Waals surface area (Å²) in [5.74, 6) is -0.592. The maximum absolute atomic E-state index is 14.5. The highest BCUT2D eigenvalue weighted by molar-refractivity contribution is 8.00. The van der Waals surface area contributed by atoms with Gasteiger partial charge in [-0.05, 0) is 31.6 Å². The van der Waals surface area contributed by atoms with E-state index in [1.54, 1.807) is 22.7 Å². The molecule has 0 aromatic rings. The Balaban J connectivity index is 1.34. The number of ether oxygens (including phenoxy) is 1. The SMILES string of the molecule is O=C1N=C(CSC2CCN(C(=O)CO)CC2)N=C2C=C(OCC3CCC3)C=C(F)C12. The Kier molecular flexibility index (Phi) is 6.67. The molecule has 1 atom stereocenters. The summed E-state index contributed by atoms with van der Waals surface area (Å²) in [7, 11) is 0. The summed E-state index contributed by atoms with van der Waals surface area (Å²) in [5, 5.41) is 9.28. The molecular formula is C21H26FN3O4S. The number of fused-ring (bicyclic) bond motifs is 1. The average Bonchev–Trinajstić information content (AvgIpc) is 2.70. The molecule has 9 heteroatoms. The number of carbonyl (C=O) groups is 2. The summed E-state index contributed by atoms with van der Waals surface area (Å²) in [6, 6.07) is 0. The molecule has 0 bridgehead atoms. The number of carbonyl (C=O) groups excluding carboxylic acids is 2. The van der Waals surface area contributed by atoms with E-state index in [0.717, 1.165) is 25.7 Å². The third kappa shape index (κ3) is 4.83. The Morgan fingerprint density at radius 1 is 1.23 bits per heavy atom. The quantitative estimate of drug-likeness (QED) is 0.662. The number of halogens is 1. The van der Waals surface area contributed by atoms with Gasteiger partial charge in [0.05, 0.1) is 18.1 Å². The van der Waals surface area contributed by atoms with Gasteiger partial charge in [0.25, 0.3) is 5.91 Å². The van der Waals surface area contributed by atoms with Crippen molar-refractivity contribution in [1.29, 1.82) is 0 Å². The molecule has 0 spiro atoms. The highest BCUT2D eigenvalue weighted by Gasteiger charge is 2.35. The van der Waals surface area contributed by atoms with Crippen LogP contribution in [0.25, 0.3) is 0 Å². The van der Waals surface area contributed by atoms with Crippen LogP contribution in [0.15, 0.2) is 33.7 Å². The number of hydrogen-bond donors (Lipinski definition) is 1. The first-order valence-corrected chi connectivity index (χ1v) is 11.5. The highest BCUT2D eigenvalue weighted by atomic mass is 32.2. The van der Waals surface area contributed by atoms with Crippen molar-refractivity contribution < 1.29 is 23.8 Å². The van der Waals surface area contributed by atoms with E-state index in [4.69, 9.17) is 9.84 Å². The Morgan fingerprint density at radius 3 is 2.67 bits per heavy atom. The van der Waals surface area contributed by atoms with E-state index in [0.29, 0.717) is 53.9 Å². The lowest BCUT2D eigenvalue weighted by Crippen LogP contribution is -2.40. The molecule has 0 radical (unpaired) electrons. The van der Waals surface area contributed by atoms with Gasteiger partial charge in [0, 0.05) is 30.5 Å². The van der Waals surface area contributed by atoms with E-state index in [1.165, 1.54) is 12.5 Å². The van der Waals surface area contributed by atoms with Crippen LogP contribution < -0.4 is 0 Å². The molecule has 7 nitrogen and oxygen atoms in total. The van der Waals surface area contributed by atoms with E-state index in [-0.39, 0.29) is 5.91 Å². The van der Waals surface area contributed by atoms with Gasteiger partial charge >= 0.3 is 0 Å². The summed E-state index contributed by atoms with van der Waals surface area (Å²) >= 11 is 1.64. The fraction of sp³-hybridized carbons (Fsp3) is 0.619. The number of hydrogen-bond acceptors (Lipinski definition) is 6. The van der Waals surface area contributed by atoms with Crippen LogP contribution in [-0.2, 0) is 14.3 Å². The standard InChI is InChI=1S/C21H26FN3O4S/c22-16-8-14(29-11-13-2-1-3-13)9-17-20(16)21(28)24-18(23-17)12-30-15-4-6-25(7-5-15)19(27)10-26/h8-9,13,15,20,26H,1-7,10-12H2. The second-order valence-corrected chi connectivity index (χ2v) is 9.36. The summed E-state index contributed by atoms with van der Waals surface area (Å²) in [5.41, 5.74) is 0.359.